The molecule has 0 N–H and O–H groups in total. The molecule has 3 heteroatoms. The van der Waals surface area contributed by atoms with Crippen LogP contribution in [0.5, 0.6) is 0 Å². The maximum absolute atomic E-state index is 2.50. The van der Waals surface area contributed by atoms with Gasteiger partial charge in [0.1, 0.15) is 7.05 Å². The number of rotatable bonds is 0. The first kappa shape index (κ1) is 14.8. The Balaban J connectivity index is 2.02. The number of thiophene rings is 1. The topological polar surface area (TPSA) is 8.29 Å². The van der Waals surface area contributed by atoms with Crippen molar-refractivity contribution in [3.63, 3.8) is 0 Å². The van der Waals surface area contributed by atoms with Crippen LogP contribution < -0.4 is 4.57 Å². The summed E-state index contributed by atoms with van der Waals surface area (Å²) in [7, 11) is 2.17. The van der Waals surface area contributed by atoms with E-state index in [0.717, 1.165) is 0 Å². The molecule has 0 saturated carbocycles. The van der Waals surface area contributed by atoms with Crippen LogP contribution in [-0.2, 0) is 7.05 Å². The van der Waals surface area contributed by atoms with Crippen molar-refractivity contribution in [3.8, 4) is 0 Å². The zero-order chi connectivity index (χ0) is 18.6. The molecule has 0 radical (unpaired) electrons. The maximum Gasteiger partial charge on any atom is 0.224 e. The van der Waals surface area contributed by atoms with Crippen molar-refractivity contribution in [3.05, 3.63) is 71.7 Å². The Morgan fingerprint density at radius 1 is 0.821 bits per heavy atom. The monoisotopic (exact) mass is 377 g/mol. The van der Waals surface area contributed by atoms with E-state index in [4.69, 9.17) is 0 Å². The quantitative estimate of drug-likeness (QED) is 0.166. The van der Waals surface area contributed by atoms with Crippen LogP contribution in [0.3, 0.4) is 0 Å². The van der Waals surface area contributed by atoms with E-state index in [9.17, 15) is 0 Å². The summed E-state index contributed by atoms with van der Waals surface area (Å²) in [5, 5.41) is 10.3. The molecule has 2 nitrogen and oxygen atoms in total. The third-order valence-corrected chi connectivity index (χ3v) is 7.22. The molecule has 0 bridgehead atoms. The summed E-state index contributed by atoms with van der Waals surface area (Å²) < 4.78 is 6.15. The lowest BCUT2D eigenvalue weighted by Gasteiger charge is -2.13. The van der Waals surface area contributed by atoms with Gasteiger partial charge in [-0.25, -0.2) is 4.57 Å². The van der Waals surface area contributed by atoms with Crippen LogP contribution in [0.4, 0.5) is 0 Å². The number of aryl methyl sites for hydroxylation is 2. The van der Waals surface area contributed by atoms with Gasteiger partial charge in [0.05, 0.1) is 27.3 Å². The second-order valence-corrected chi connectivity index (χ2v) is 8.75. The van der Waals surface area contributed by atoms with E-state index in [1.165, 1.54) is 64.6 Å². The molecule has 7 aromatic rings. The van der Waals surface area contributed by atoms with Gasteiger partial charge in [-0.2, -0.15) is 0 Å². The summed E-state index contributed by atoms with van der Waals surface area (Å²) in [5.74, 6) is 0. The first-order valence-corrected chi connectivity index (χ1v) is 10.5. The highest BCUT2D eigenvalue weighted by Crippen LogP contribution is 2.42. The van der Waals surface area contributed by atoms with Gasteiger partial charge in [0, 0.05) is 32.3 Å². The van der Waals surface area contributed by atoms with E-state index in [0.29, 0.717) is 0 Å². The van der Waals surface area contributed by atoms with Crippen LogP contribution in [0.25, 0.3) is 59.1 Å². The lowest BCUT2D eigenvalue weighted by atomic mass is 9.98. The summed E-state index contributed by atoms with van der Waals surface area (Å²) in [6, 6.07) is 20.3. The summed E-state index contributed by atoms with van der Waals surface area (Å²) in [5.41, 5.74) is 6.60. The summed E-state index contributed by atoms with van der Waals surface area (Å²) in [6.07, 6.45) is 2.22. The fourth-order valence-electron chi connectivity index (χ4n) is 5.17. The molecule has 0 fully saturated rings. The number of nitrogens with zero attached hydrogens (tertiary/aromatic N) is 2. The van der Waals surface area contributed by atoms with Gasteiger partial charge in [0.2, 0.25) is 5.52 Å². The van der Waals surface area contributed by atoms with E-state index in [1.807, 2.05) is 11.3 Å². The highest BCUT2D eigenvalue weighted by atomic mass is 32.1. The second kappa shape index (κ2) is 4.81. The molecule has 132 valence electrons. The third kappa shape index (κ3) is 1.55. The Labute approximate surface area is 165 Å². The zero-order valence-electron chi connectivity index (χ0n) is 15.7. The lowest BCUT2D eigenvalue weighted by molar-refractivity contribution is -0.643. The Morgan fingerprint density at radius 2 is 1.71 bits per heavy atom. The van der Waals surface area contributed by atoms with Gasteiger partial charge in [-0.3, -0.25) is 0 Å². The number of pyridine rings is 2. The van der Waals surface area contributed by atoms with Gasteiger partial charge in [-0.05, 0) is 36.1 Å². The molecule has 4 heterocycles. The minimum absolute atomic E-state index is 1.29. The first-order chi connectivity index (χ1) is 13.7. The van der Waals surface area contributed by atoms with Crippen molar-refractivity contribution in [1.82, 2.24) is 4.40 Å². The van der Waals surface area contributed by atoms with Crippen LogP contribution in [-0.4, -0.2) is 4.40 Å². The smallest absolute Gasteiger partial charge is 0.224 e. The highest BCUT2D eigenvalue weighted by molar-refractivity contribution is 7.17. The predicted molar refractivity (Wildman–Crippen MR) is 120 cm³/mol. The van der Waals surface area contributed by atoms with Gasteiger partial charge in [-0.1, -0.05) is 30.3 Å². The van der Waals surface area contributed by atoms with Crippen LogP contribution in [0.2, 0.25) is 0 Å². The summed E-state index contributed by atoms with van der Waals surface area (Å²) >= 11 is 1.83. The van der Waals surface area contributed by atoms with E-state index in [-0.39, 0.29) is 0 Å². The number of benzene rings is 3. The average Bonchev–Trinajstić information content (AvgIpc) is 3.31. The molecule has 0 aliphatic heterocycles. The van der Waals surface area contributed by atoms with Crippen molar-refractivity contribution in [1.29, 1.82) is 0 Å². The second-order valence-electron chi connectivity index (χ2n) is 7.80. The molecule has 7 rings (SSSR count). The summed E-state index contributed by atoms with van der Waals surface area (Å²) in [4.78, 5) is 0. The fourth-order valence-corrected chi connectivity index (χ4v) is 6.00. The van der Waals surface area contributed by atoms with Crippen molar-refractivity contribution < 1.29 is 4.57 Å². The Hall–Kier alpha value is -3.17. The van der Waals surface area contributed by atoms with Crippen molar-refractivity contribution in [2.75, 3.05) is 0 Å². The third-order valence-electron chi connectivity index (χ3n) is 6.36. The molecule has 0 unspecified atom stereocenters. The number of hydrogen-bond acceptors (Lipinski definition) is 1. The van der Waals surface area contributed by atoms with Gasteiger partial charge < -0.3 is 4.40 Å². The van der Waals surface area contributed by atoms with Gasteiger partial charge >= 0.3 is 0 Å². The largest absolute Gasteiger partial charge is 0.307 e. The maximum atomic E-state index is 2.50. The average molecular weight is 377 g/mol. The number of hydrogen-bond donors (Lipinski definition) is 0. The molecule has 3 aromatic carbocycles. The fraction of sp³-hybridized carbons (Fsp3) is 0.0800. The normalized spacial score (nSPS) is 12.6. The number of para-hydroxylation sites is 1. The van der Waals surface area contributed by atoms with Gasteiger partial charge in [0.25, 0.3) is 0 Å². The van der Waals surface area contributed by atoms with Gasteiger partial charge in [0.15, 0.2) is 6.20 Å². The molecular weight excluding hydrogens is 360 g/mol. The minimum atomic E-state index is 1.29. The minimum Gasteiger partial charge on any atom is -0.307 e. The number of fused-ring (bicyclic) bond motifs is 7. The zero-order valence-corrected chi connectivity index (χ0v) is 16.5. The van der Waals surface area contributed by atoms with Crippen molar-refractivity contribution in [2.24, 2.45) is 7.05 Å². The molecule has 4 aromatic heterocycles. The van der Waals surface area contributed by atoms with Crippen LogP contribution in [0, 0.1) is 6.92 Å². The van der Waals surface area contributed by atoms with Crippen LogP contribution >= 0.6 is 11.3 Å². The van der Waals surface area contributed by atoms with Crippen molar-refractivity contribution >= 4 is 70.4 Å². The van der Waals surface area contributed by atoms with E-state index in [2.05, 4.69) is 89.1 Å². The first-order valence-electron chi connectivity index (χ1n) is 9.60. The van der Waals surface area contributed by atoms with E-state index >= 15 is 0 Å². The standard InChI is InChI=1S/C25H17N2S/c1-14-7-8-18-15-5-3-4-6-19(15)27-20-13-21-16(10-12-28-21)17-9-11-26(2)25(23(17)20)22(14)24(18)27/h3-13H,1-2H3/q+1. The molecule has 0 atom stereocenters. The number of aromatic nitrogens is 2. The lowest BCUT2D eigenvalue weighted by Crippen LogP contribution is -2.28. The molecule has 28 heavy (non-hydrogen) atoms. The van der Waals surface area contributed by atoms with E-state index < -0.39 is 0 Å². The molecule has 0 aliphatic carbocycles. The molecule has 0 saturated heterocycles. The Morgan fingerprint density at radius 3 is 2.64 bits per heavy atom. The molecular formula is C25H17N2S+. The SMILES string of the molecule is Cc1ccc2c3ccccc3n3c4cc5sccc5c5cc[n+](C)c(c1c23)c54. The predicted octanol–water partition coefficient (Wildman–Crippen LogP) is 6.34. The molecule has 0 aliphatic rings. The van der Waals surface area contributed by atoms with Crippen molar-refractivity contribution in [2.45, 2.75) is 6.92 Å². The summed E-state index contributed by atoms with van der Waals surface area (Å²) in [6.45, 7) is 2.24. The Bertz CT molecular complexity index is 1720. The van der Waals surface area contributed by atoms with Crippen LogP contribution in [0.1, 0.15) is 5.56 Å². The Kier molecular flexibility index (Phi) is 2.55. The van der Waals surface area contributed by atoms with E-state index in [1.54, 1.807) is 0 Å². The van der Waals surface area contributed by atoms with Gasteiger partial charge in [-0.15, -0.1) is 11.3 Å². The molecule has 0 amide bonds. The molecule has 0 spiro atoms. The van der Waals surface area contributed by atoms with Crippen LogP contribution in [0.15, 0.2) is 66.2 Å². The highest BCUT2D eigenvalue weighted by Gasteiger charge is 2.24.